The number of nitrogens with one attached hydrogen (secondary N) is 1. The summed E-state index contributed by atoms with van der Waals surface area (Å²) in [5.41, 5.74) is 5.31. The Bertz CT molecular complexity index is 2830. The molecular weight excluding hydrogens is 767 g/mol. The number of benzene rings is 2. The zero-order valence-electron chi connectivity index (χ0n) is 32.2. The quantitative estimate of drug-likeness (QED) is 0.106. The van der Waals surface area contributed by atoms with Crippen LogP contribution in [0.1, 0.15) is 57.7 Å². The largest absolute Gasteiger partial charge is 0.491 e. The molecule has 0 spiro atoms. The van der Waals surface area contributed by atoms with E-state index in [2.05, 4.69) is 68.0 Å². The van der Waals surface area contributed by atoms with Crippen molar-refractivity contribution in [2.24, 2.45) is 7.05 Å². The third kappa shape index (κ3) is 7.34. The summed E-state index contributed by atoms with van der Waals surface area (Å²) in [7, 11) is 2.06. The second-order valence-electron chi connectivity index (χ2n) is 14.6. The van der Waals surface area contributed by atoms with Crippen molar-refractivity contribution in [3.05, 3.63) is 108 Å². The number of hydrogen-bond donors (Lipinski definition) is 1. The fraction of sp³-hybridized carbons (Fsp3) is 0.244. The van der Waals surface area contributed by atoms with Crippen LogP contribution in [0, 0.1) is 23.2 Å². The van der Waals surface area contributed by atoms with Gasteiger partial charge in [-0.3, -0.25) is 34.4 Å². The Balaban J connectivity index is 0.710. The minimum Gasteiger partial charge on any atom is -0.491 e. The summed E-state index contributed by atoms with van der Waals surface area (Å²) in [5.74, 6) is 4.72. The minimum absolute atomic E-state index is 0.0432. The van der Waals surface area contributed by atoms with Gasteiger partial charge in [0.25, 0.3) is 11.8 Å². The molecule has 9 rings (SSSR count). The molecule has 2 aromatic carbocycles. The van der Waals surface area contributed by atoms with Crippen molar-refractivity contribution in [2.75, 3.05) is 19.8 Å². The third-order valence-electron chi connectivity index (χ3n) is 10.8. The number of fused-ring (bicyclic) bond motifs is 4. The van der Waals surface area contributed by atoms with Gasteiger partial charge in [-0.2, -0.15) is 5.26 Å². The molecule has 3 aliphatic rings. The standard InChI is InChI=1S/C45H35N7O8/c1-51-37-12-13-47-24-36(37)33-7-4-26(18-39(33)51)27-5-11-42(49-23-27)60-32-19-31(20-32)59-40-25-48-29(17-28(40)22-46)3-2-14-57-15-16-58-30-6-8-34-35(21-30)45(56)52(44(34)55)38-9-10-41(53)50-43(38)54/h4-8,11-13,17-18,21,23-25,31-32,38H,9-10,14-16,19-20H2,1H3,(H,50,53,54)/t31-,32-,38?. The van der Waals surface area contributed by atoms with Crippen LogP contribution in [-0.2, 0) is 21.4 Å². The van der Waals surface area contributed by atoms with Crippen LogP contribution in [0.4, 0.5) is 0 Å². The lowest BCUT2D eigenvalue weighted by atomic mass is 9.92. The van der Waals surface area contributed by atoms with Gasteiger partial charge < -0.3 is 23.5 Å². The Morgan fingerprint density at radius 3 is 2.48 bits per heavy atom. The van der Waals surface area contributed by atoms with Gasteiger partial charge in [-0.25, -0.2) is 9.97 Å². The number of carbonyl (C=O) groups excluding carboxylic acids is 4. The lowest BCUT2D eigenvalue weighted by Crippen LogP contribution is -2.54. The topological polar surface area (TPSA) is 188 Å². The molecule has 1 saturated carbocycles. The number of aromatic nitrogens is 4. The van der Waals surface area contributed by atoms with Crippen molar-refractivity contribution in [3.8, 4) is 46.4 Å². The Labute approximate surface area is 342 Å². The summed E-state index contributed by atoms with van der Waals surface area (Å²) >= 11 is 0. The number of piperidine rings is 1. The van der Waals surface area contributed by atoms with E-state index < -0.39 is 29.7 Å². The molecule has 0 bridgehead atoms. The molecule has 298 valence electrons. The van der Waals surface area contributed by atoms with E-state index in [1.165, 1.54) is 18.3 Å². The van der Waals surface area contributed by atoms with Crippen LogP contribution >= 0.6 is 0 Å². The number of imide groups is 2. The van der Waals surface area contributed by atoms with E-state index in [4.69, 9.17) is 18.9 Å². The predicted molar refractivity (Wildman–Crippen MR) is 215 cm³/mol. The lowest BCUT2D eigenvalue weighted by Gasteiger charge is -2.35. The molecule has 4 amide bonds. The highest BCUT2D eigenvalue weighted by Gasteiger charge is 2.44. The van der Waals surface area contributed by atoms with Gasteiger partial charge >= 0.3 is 0 Å². The molecule has 0 radical (unpaired) electrons. The maximum atomic E-state index is 13.0. The average molecular weight is 802 g/mol. The van der Waals surface area contributed by atoms with Crippen LogP contribution in [0.2, 0.25) is 0 Å². The first-order valence-electron chi connectivity index (χ1n) is 19.3. The van der Waals surface area contributed by atoms with Crippen molar-refractivity contribution >= 4 is 45.4 Å². The van der Waals surface area contributed by atoms with Gasteiger partial charge in [-0.15, -0.1) is 0 Å². The molecule has 1 saturated heterocycles. The summed E-state index contributed by atoms with van der Waals surface area (Å²) < 4.78 is 25.6. The molecule has 6 aromatic rings. The highest BCUT2D eigenvalue weighted by molar-refractivity contribution is 6.23. The molecular formula is C45H35N7O8. The number of pyridine rings is 3. The number of hydrogen-bond acceptors (Lipinski definition) is 12. The highest BCUT2D eigenvalue weighted by Crippen LogP contribution is 2.34. The lowest BCUT2D eigenvalue weighted by molar-refractivity contribution is -0.136. The van der Waals surface area contributed by atoms with Crippen molar-refractivity contribution in [3.63, 3.8) is 0 Å². The third-order valence-corrected chi connectivity index (χ3v) is 10.8. The smallest absolute Gasteiger partial charge is 0.262 e. The van der Waals surface area contributed by atoms with Gasteiger partial charge in [-0.05, 0) is 60.4 Å². The van der Waals surface area contributed by atoms with Crippen LogP contribution in [0.5, 0.6) is 17.4 Å². The SMILES string of the molecule is Cn1c2ccncc2c2ccc(-c3ccc(O[C@H]4C[C@H](Oc5cnc(C#CCOCCOc6ccc7c(c6)C(=O)N(C6CCC(=O)NC6=O)C7=O)cc5C#N)C4)nc3)cc21. The fourth-order valence-corrected chi connectivity index (χ4v) is 7.61. The summed E-state index contributed by atoms with van der Waals surface area (Å²) in [6.45, 7) is 0.393. The van der Waals surface area contributed by atoms with E-state index >= 15 is 0 Å². The Morgan fingerprint density at radius 2 is 1.67 bits per heavy atom. The first-order chi connectivity index (χ1) is 29.2. The number of aryl methyl sites for hydroxylation is 1. The summed E-state index contributed by atoms with van der Waals surface area (Å²) in [4.78, 5) is 63.8. The summed E-state index contributed by atoms with van der Waals surface area (Å²) in [6.07, 6.45) is 8.21. The molecule has 60 heavy (non-hydrogen) atoms. The first-order valence-corrected chi connectivity index (χ1v) is 19.3. The normalized spacial score (nSPS) is 18.3. The van der Waals surface area contributed by atoms with E-state index in [1.54, 1.807) is 18.3 Å². The number of nitriles is 1. The fourth-order valence-electron chi connectivity index (χ4n) is 7.61. The molecule has 2 aliphatic heterocycles. The number of ether oxygens (including phenoxy) is 4. The zero-order valence-corrected chi connectivity index (χ0v) is 32.2. The van der Waals surface area contributed by atoms with Crippen LogP contribution in [0.3, 0.4) is 0 Å². The van der Waals surface area contributed by atoms with Crippen molar-refractivity contribution < 1.29 is 38.1 Å². The zero-order chi connectivity index (χ0) is 41.3. The number of nitrogens with zero attached hydrogens (tertiary/aromatic N) is 6. The number of carbonyl (C=O) groups is 4. The van der Waals surface area contributed by atoms with Gasteiger partial charge in [-0.1, -0.05) is 18.1 Å². The van der Waals surface area contributed by atoms with E-state index in [0.29, 0.717) is 41.5 Å². The maximum absolute atomic E-state index is 13.0. The van der Waals surface area contributed by atoms with Gasteiger partial charge in [0, 0.05) is 72.8 Å². The van der Waals surface area contributed by atoms with E-state index in [0.717, 1.165) is 37.8 Å². The molecule has 6 heterocycles. The molecule has 15 nitrogen and oxygen atoms in total. The Morgan fingerprint density at radius 1 is 0.833 bits per heavy atom. The Hall–Kier alpha value is -7.62. The van der Waals surface area contributed by atoms with Gasteiger partial charge in [0.1, 0.15) is 49.0 Å². The van der Waals surface area contributed by atoms with E-state index in [1.807, 2.05) is 30.6 Å². The summed E-state index contributed by atoms with van der Waals surface area (Å²) in [6, 6.07) is 19.5. The number of rotatable bonds is 11. The van der Waals surface area contributed by atoms with Crippen LogP contribution in [-0.4, -0.2) is 86.1 Å². The van der Waals surface area contributed by atoms with Crippen LogP contribution in [0.25, 0.3) is 32.9 Å². The number of amides is 4. The van der Waals surface area contributed by atoms with Crippen molar-refractivity contribution in [2.45, 2.75) is 43.9 Å². The molecule has 2 fully saturated rings. The first kappa shape index (κ1) is 37.9. The van der Waals surface area contributed by atoms with Gasteiger partial charge in [0.2, 0.25) is 17.7 Å². The monoisotopic (exact) mass is 801 g/mol. The minimum atomic E-state index is -1.04. The molecule has 1 aliphatic carbocycles. The van der Waals surface area contributed by atoms with Crippen LogP contribution < -0.4 is 19.5 Å². The van der Waals surface area contributed by atoms with Gasteiger partial charge in [0.05, 0.1) is 35.0 Å². The van der Waals surface area contributed by atoms with Crippen molar-refractivity contribution in [1.29, 1.82) is 5.26 Å². The second-order valence-corrected chi connectivity index (χ2v) is 14.6. The van der Waals surface area contributed by atoms with Gasteiger partial charge in [0.15, 0.2) is 5.75 Å². The predicted octanol–water partition coefficient (Wildman–Crippen LogP) is 4.89. The van der Waals surface area contributed by atoms with E-state index in [9.17, 15) is 24.4 Å². The molecule has 1 atom stereocenters. The summed E-state index contributed by atoms with van der Waals surface area (Å²) in [5, 5.41) is 14.2. The molecule has 1 unspecified atom stereocenters. The van der Waals surface area contributed by atoms with Crippen LogP contribution in [0.15, 0.2) is 85.5 Å². The molecule has 1 N–H and O–H groups in total. The molecule has 4 aromatic heterocycles. The second kappa shape index (κ2) is 16.0. The van der Waals surface area contributed by atoms with E-state index in [-0.39, 0.29) is 56.0 Å². The molecule has 15 heteroatoms. The maximum Gasteiger partial charge on any atom is 0.262 e. The average Bonchev–Trinajstić information content (AvgIpc) is 3.67. The Kier molecular flexibility index (Phi) is 10.1. The highest BCUT2D eigenvalue weighted by atomic mass is 16.5. The van der Waals surface area contributed by atoms with Crippen molar-refractivity contribution in [1.82, 2.24) is 29.7 Å².